The molecule has 0 aliphatic rings. The molecule has 0 bridgehead atoms. The van der Waals surface area contributed by atoms with Gasteiger partial charge in [0.05, 0.1) is 12.0 Å². The molecule has 0 radical (unpaired) electrons. The van der Waals surface area contributed by atoms with Crippen LogP contribution in [0.1, 0.15) is 13.8 Å². The first kappa shape index (κ1) is 11.4. The van der Waals surface area contributed by atoms with E-state index < -0.39 is 10.2 Å². The van der Waals surface area contributed by atoms with E-state index in [1.54, 1.807) is 13.8 Å². The zero-order chi connectivity index (χ0) is 9.78. The van der Waals surface area contributed by atoms with Gasteiger partial charge in [-0.3, -0.25) is 0 Å². The number of hydrogen-bond acceptors (Lipinski definition) is 3. The Morgan fingerprint density at radius 1 is 1.67 bits per heavy atom. The maximum atomic E-state index is 10.8. The summed E-state index contributed by atoms with van der Waals surface area (Å²) in [5.41, 5.74) is 0. The molecule has 0 fully saturated rings. The number of nitriles is 1. The highest BCUT2D eigenvalue weighted by atomic mass is 32.2. The molecule has 0 rings (SSSR count). The Hall–Kier alpha value is -0.640. The Bertz CT molecular complexity index is 267. The minimum absolute atomic E-state index is 0.159. The van der Waals surface area contributed by atoms with Gasteiger partial charge in [0.15, 0.2) is 0 Å². The first-order valence-electron chi connectivity index (χ1n) is 3.59. The molecule has 0 saturated heterocycles. The molecular weight excluding hydrogens is 178 g/mol. The molecule has 70 valence electrons. The molecule has 0 saturated carbocycles. The van der Waals surface area contributed by atoms with Crippen LogP contribution >= 0.6 is 0 Å². The van der Waals surface area contributed by atoms with Crippen LogP contribution in [0.3, 0.4) is 0 Å². The predicted molar refractivity (Wildman–Crippen MR) is 45.1 cm³/mol. The molecule has 1 unspecified atom stereocenters. The SMILES string of the molecule is CCN(CC(C)C#N)S(N)(=O)=O. The van der Waals surface area contributed by atoms with Crippen molar-refractivity contribution in [2.45, 2.75) is 13.8 Å². The second-order valence-electron chi connectivity index (χ2n) is 2.53. The summed E-state index contributed by atoms with van der Waals surface area (Å²) in [5, 5.41) is 13.3. The molecule has 1 atom stereocenters. The van der Waals surface area contributed by atoms with Crippen molar-refractivity contribution in [1.29, 1.82) is 5.26 Å². The lowest BCUT2D eigenvalue weighted by molar-refractivity contribution is 0.400. The van der Waals surface area contributed by atoms with Gasteiger partial charge in [-0.1, -0.05) is 6.92 Å². The van der Waals surface area contributed by atoms with Crippen molar-refractivity contribution in [3.05, 3.63) is 0 Å². The molecule has 12 heavy (non-hydrogen) atoms. The Morgan fingerprint density at radius 2 is 2.17 bits per heavy atom. The Kier molecular flexibility index (Phi) is 4.17. The second-order valence-corrected chi connectivity index (χ2v) is 4.07. The summed E-state index contributed by atoms with van der Waals surface area (Å²) >= 11 is 0. The molecular formula is C6H13N3O2S. The maximum absolute atomic E-state index is 10.8. The van der Waals surface area contributed by atoms with E-state index in [0.717, 1.165) is 4.31 Å². The van der Waals surface area contributed by atoms with Gasteiger partial charge >= 0.3 is 0 Å². The largest absolute Gasteiger partial charge is 0.276 e. The van der Waals surface area contributed by atoms with Gasteiger partial charge in [0, 0.05) is 13.1 Å². The van der Waals surface area contributed by atoms with Crippen LogP contribution in [-0.4, -0.2) is 25.8 Å². The van der Waals surface area contributed by atoms with E-state index in [-0.39, 0.29) is 12.5 Å². The molecule has 0 aliphatic heterocycles. The van der Waals surface area contributed by atoms with Gasteiger partial charge in [0.2, 0.25) is 0 Å². The highest BCUT2D eigenvalue weighted by molar-refractivity contribution is 7.86. The summed E-state index contributed by atoms with van der Waals surface area (Å²) in [6.07, 6.45) is 0. The molecule has 5 nitrogen and oxygen atoms in total. The fourth-order valence-corrected chi connectivity index (χ4v) is 1.55. The summed E-state index contributed by atoms with van der Waals surface area (Å²) in [6, 6.07) is 1.94. The van der Waals surface area contributed by atoms with E-state index in [0.29, 0.717) is 6.54 Å². The van der Waals surface area contributed by atoms with E-state index in [4.69, 9.17) is 10.4 Å². The summed E-state index contributed by atoms with van der Waals surface area (Å²) in [4.78, 5) is 0. The van der Waals surface area contributed by atoms with Gasteiger partial charge in [-0.05, 0) is 6.92 Å². The van der Waals surface area contributed by atoms with Crippen LogP contribution < -0.4 is 5.14 Å². The summed E-state index contributed by atoms with van der Waals surface area (Å²) < 4.78 is 22.7. The van der Waals surface area contributed by atoms with Gasteiger partial charge in [-0.15, -0.1) is 0 Å². The van der Waals surface area contributed by atoms with Crippen LogP contribution in [0.5, 0.6) is 0 Å². The average Bonchev–Trinajstić information content (AvgIpc) is 1.97. The van der Waals surface area contributed by atoms with Gasteiger partial charge in [-0.2, -0.15) is 18.0 Å². The van der Waals surface area contributed by atoms with Crippen LogP contribution in [0.2, 0.25) is 0 Å². The molecule has 0 amide bonds. The zero-order valence-electron chi connectivity index (χ0n) is 7.19. The lowest BCUT2D eigenvalue weighted by Gasteiger charge is -2.17. The molecule has 2 N–H and O–H groups in total. The van der Waals surface area contributed by atoms with Crippen LogP contribution in [0.25, 0.3) is 0 Å². The predicted octanol–water partition coefficient (Wildman–Crippen LogP) is -0.329. The topological polar surface area (TPSA) is 87.2 Å². The quantitative estimate of drug-likeness (QED) is 0.660. The molecule has 0 aromatic carbocycles. The lowest BCUT2D eigenvalue weighted by Crippen LogP contribution is -2.39. The van der Waals surface area contributed by atoms with Gasteiger partial charge in [0.1, 0.15) is 0 Å². The average molecular weight is 191 g/mol. The van der Waals surface area contributed by atoms with Crippen LogP contribution in [0.15, 0.2) is 0 Å². The third kappa shape index (κ3) is 3.67. The van der Waals surface area contributed by atoms with Crippen LogP contribution in [0.4, 0.5) is 0 Å². The first-order chi connectivity index (χ1) is 5.41. The molecule has 0 spiro atoms. The third-order valence-corrected chi connectivity index (χ3v) is 2.54. The Balaban J connectivity index is 4.32. The first-order valence-corrected chi connectivity index (χ1v) is 5.09. The van der Waals surface area contributed by atoms with Crippen LogP contribution in [0, 0.1) is 17.2 Å². The summed E-state index contributed by atoms with van der Waals surface area (Å²) in [6.45, 7) is 3.78. The van der Waals surface area contributed by atoms with Gasteiger partial charge < -0.3 is 0 Å². The smallest absolute Gasteiger partial charge is 0.216 e. The fourth-order valence-electron chi connectivity index (χ4n) is 0.759. The molecule has 6 heteroatoms. The van der Waals surface area contributed by atoms with Gasteiger partial charge in [0.25, 0.3) is 10.2 Å². The van der Waals surface area contributed by atoms with Gasteiger partial charge in [-0.25, -0.2) is 5.14 Å². The summed E-state index contributed by atoms with van der Waals surface area (Å²) in [5.74, 6) is -0.330. The molecule has 0 aromatic heterocycles. The number of hydrogen-bond donors (Lipinski definition) is 1. The maximum Gasteiger partial charge on any atom is 0.276 e. The van der Waals surface area contributed by atoms with Crippen molar-refractivity contribution in [2.24, 2.45) is 11.1 Å². The minimum Gasteiger partial charge on any atom is -0.216 e. The standard InChI is InChI=1S/C6H13N3O2S/c1-3-9(12(8,10)11)5-6(2)4-7/h6H,3,5H2,1-2H3,(H2,8,10,11). The zero-order valence-corrected chi connectivity index (χ0v) is 8.00. The minimum atomic E-state index is -3.64. The molecule has 0 aromatic rings. The third-order valence-electron chi connectivity index (χ3n) is 1.41. The highest BCUT2D eigenvalue weighted by Gasteiger charge is 2.17. The van der Waals surface area contributed by atoms with Crippen LogP contribution in [-0.2, 0) is 10.2 Å². The number of nitrogens with two attached hydrogens (primary N) is 1. The highest BCUT2D eigenvalue weighted by Crippen LogP contribution is 2.00. The van der Waals surface area contributed by atoms with Crippen molar-refractivity contribution in [2.75, 3.05) is 13.1 Å². The van der Waals surface area contributed by atoms with E-state index in [2.05, 4.69) is 0 Å². The van der Waals surface area contributed by atoms with Crippen molar-refractivity contribution in [3.8, 4) is 6.07 Å². The van der Waals surface area contributed by atoms with Crippen molar-refractivity contribution < 1.29 is 8.42 Å². The molecule has 0 aliphatic carbocycles. The molecule has 0 heterocycles. The Labute approximate surface area is 73.0 Å². The normalized spacial score (nSPS) is 14.2. The van der Waals surface area contributed by atoms with E-state index in [1.807, 2.05) is 6.07 Å². The van der Waals surface area contributed by atoms with Crippen molar-refractivity contribution in [1.82, 2.24) is 4.31 Å². The van der Waals surface area contributed by atoms with E-state index in [1.165, 1.54) is 0 Å². The lowest BCUT2D eigenvalue weighted by atomic mass is 10.2. The number of nitrogens with zero attached hydrogens (tertiary/aromatic N) is 2. The second kappa shape index (κ2) is 4.40. The van der Waals surface area contributed by atoms with Crippen molar-refractivity contribution >= 4 is 10.2 Å². The monoisotopic (exact) mass is 191 g/mol. The Morgan fingerprint density at radius 3 is 2.42 bits per heavy atom. The van der Waals surface area contributed by atoms with E-state index >= 15 is 0 Å². The van der Waals surface area contributed by atoms with E-state index in [9.17, 15) is 8.42 Å². The fraction of sp³-hybridized carbons (Fsp3) is 0.833. The summed E-state index contributed by atoms with van der Waals surface area (Å²) in [7, 11) is -3.64. The number of rotatable bonds is 4. The van der Waals surface area contributed by atoms with Crippen molar-refractivity contribution in [3.63, 3.8) is 0 Å².